The highest BCUT2D eigenvalue weighted by atomic mass is 32.2. The first kappa shape index (κ1) is 23.3. The molecule has 0 aromatic heterocycles. The van der Waals surface area contributed by atoms with E-state index in [2.05, 4.69) is 20.4 Å². The van der Waals surface area contributed by atoms with Crippen LogP contribution >= 0.6 is 12.1 Å². The van der Waals surface area contributed by atoms with Crippen LogP contribution in [0.2, 0.25) is 0 Å². The van der Waals surface area contributed by atoms with E-state index in [0.717, 1.165) is 41.9 Å². The van der Waals surface area contributed by atoms with Gasteiger partial charge in [0.25, 0.3) is 0 Å². The van der Waals surface area contributed by atoms with Gasteiger partial charge in [-0.05, 0) is 52.9 Å². The molecule has 2 aromatic carbocycles. The molecule has 174 valence electrons. The molecule has 0 spiro atoms. The minimum atomic E-state index is -0.405. The number of nitrogens with zero attached hydrogens (tertiary/aromatic N) is 2. The van der Waals surface area contributed by atoms with Crippen molar-refractivity contribution in [3.63, 3.8) is 0 Å². The van der Waals surface area contributed by atoms with Crippen LogP contribution < -0.4 is 10.0 Å². The third kappa shape index (κ3) is 5.75. The number of halogens is 1. The maximum absolute atomic E-state index is 13.4. The number of nitrogens with one attached hydrogen (secondary N) is 2. The van der Waals surface area contributed by atoms with E-state index in [9.17, 15) is 14.0 Å². The van der Waals surface area contributed by atoms with Crippen molar-refractivity contribution in [2.45, 2.75) is 40.3 Å². The normalized spacial score (nSPS) is 16.2. The van der Waals surface area contributed by atoms with Crippen LogP contribution in [0.25, 0.3) is 5.57 Å². The number of carbonyl (C=O) groups excluding carboxylic acids is 2. The van der Waals surface area contributed by atoms with Crippen LogP contribution in [0, 0.1) is 11.2 Å². The molecule has 8 heteroatoms. The smallest absolute Gasteiger partial charge is 0.316 e. The summed E-state index contributed by atoms with van der Waals surface area (Å²) in [5.41, 5.74) is 4.54. The number of carbonyl (C=O) groups is 2. The van der Waals surface area contributed by atoms with Gasteiger partial charge in [0.2, 0.25) is 5.91 Å². The highest BCUT2D eigenvalue weighted by molar-refractivity contribution is 7.95. The second-order valence-electron chi connectivity index (χ2n) is 9.42. The Morgan fingerprint density at radius 2 is 1.76 bits per heavy atom. The number of amides is 3. The van der Waals surface area contributed by atoms with Crippen molar-refractivity contribution in [3.05, 3.63) is 71.0 Å². The summed E-state index contributed by atoms with van der Waals surface area (Å²) in [7, 11) is 0. The lowest BCUT2D eigenvalue weighted by Gasteiger charge is -2.26. The summed E-state index contributed by atoms with van der Waals surface area (Å²) in [6.07, 6.45) is 3.06. The third-order valence-corrected chi connectivity index (χ3v) is 6.67. The molecule has 2 aliphatic heterocycles. The molecule has 33 heavy (non-hydrogen) atoms. The Kier molecular flexibility index (Phi) is 6.76. The van der Waals surface area contributed by atoms with Gasteiger partial charge in [-0.2, -0.15) is 0 Å². The minimum absolute atomic E-state index is 0.0184. The fourth-order valence-corrected chi connectivity index (χ4v) is 4.58. The van der Waals surface area contributed by atoms with Crippen LogP contribution in [-0.4, -0.2) is 34.2 Å². The summed E-state index contributed by atoms with van der Waals surface area (Å²) in [6, 6.07) is 12.3. The van der Waals surface area contributed by atoms with Gasteiger partial charge in [0.05, 0.1) is 0 Å². The zero-order chi connectivity index (χ0) is 23.6. The Labute approximate surface area is 198 Å². The number of hydrogen-bond acceptors (Lipinski definition) is 4. The molecule has 0 aliphatic carbocycles. The van der Waals surface area contributed by atoms with Crippen LogP contribution in [0.5, 0.6) is 0 Å². The van der Waals surface area contributed by atoms with Crippen molar-refractivity contribution in [3.8, 4) is 0 Å². The van der Waals surface area contributed by atoms with Gasteiger partial charge in [-0.15, -0.1) is 0 Å². The summed E-state index contributed by atoms with van der Waals surface area (Å²) in [4.78, 5) is 26.3. The predicted octanol–water partition coefficient (Wildman–Crippen LogP) is 5.19. The number of rotatable bonds is 4. The van der Waals surface area contributed by atoms with Gasteiger partial charge in [-0.25, -0.2) is 13.5 Å². The lowest BCUT2D eigenvalue weighted by molar-refractivity contribution is -0.126. The van der Waals surface area contributed by atoms with Crippen LogP contribution in [0.1, 0.15) is 43.9 Å². The van der Waals surface area contributed by atoms with E-state index in [1.54, 1.807) is 11.0 Å². The number of hydrogen-bond donors (Lipinski definition) is 2. The molecular formula is C25H29FN4O2S. The molecule has 0 fully saturated rings. The molecule has 2 heterocycles. The minimum Gasteiger partial charge on any atom is -0.316 e. The van der Waals surface area contributed by atoms with Gasteiger partial charge in [-0.1, -0.05) is 45.0 Å². The number of fused-ring (bicyclic) bond motifs is 1. The van der Waals surface area contributed by atoms with Crippen molar-refractivity contribution in [2.75, 3.05) is 18.4 Å². The van der Waals surface area contributed by atoms with E-state index in [-0.39, 0.29) is 17.8 Å². The van der Waals surface area contributed by atoms with E-state index < -0.39 is 5.41 Å². The molecular weight excluding hydrogens is 439 g/mol. The highest BCUT2D eigenvalue weighted by Crippen LogP contribution is 2.27. The molecule has 2 N–H and O–H groups in total. The van der Waals surface area contributed by atoms with Gasteiger partial charge >= 0.3 is 6.03 Å². The monoisotopic (exact) mass is 468 g/mol. The van der Waals surface area contributed by atoms with Crippen LogP contribution in [0.4, 0.5) is 14.9 Å². The number of anilines is 1. The zero-order valence-corrected chi connectivity index (χ0v) is 20.0. The zero-order valence-electron chi connectivity index (χ0n) is 19.2. The molecule has 2 aromatic rings. The Hall–Kier alpha value is -2.84. The lowest BCUT2D eigenvalue weighted by Crippen LogP contribution is -2.34. The number of urea groups is 1. The largest absolute Gasteiger partial charge is 0.322 e. The maximum Gasteiger partial charge on any atom is 0.322 e. The quantitative estimate of drug-likeness (QED) is 0.607. The molecule has 6 nitrogen and oxygen atoms in total. The van der Waals surface area contributed by atoms with Crippen molar-refractivity contribution >= 4 is 35.3 Å². The highest BCUT2D eigenvalue weighted by Gasteiger charge is 2.24. The van der Waals surface area contributed by atoms with E-state index >= 15 is 0 Å². The summed E-state index contributed by atoms with van der Waals surface area (Å²) < 4.78 is 18.5. The molecule has 0 atom stereocenters. The maximum atomic E-state index is 13.4. The van der Waals surface area contributed by atoms with Crippen LogP contribution in [0.15, 0.2) is 48.5 Å². The van der Waals surface area contributed by atoms with Gasteiger partial charge in [-0.3, -0.25) is 9.52 Å². The second kappa shape index (κ2) is 9.57. The molecule has 4 rings (SSSR count). The van der Waals surface area contributed by atoms with E-state index in [4.69, 9.17) is 0 Å². The lowest BCUT2D eigenvalue weighted by atomic mass is 9.96. The summed E-state index contributed by atoms with van der Waals surface area (Å²) in [6.45, 7) is 8.18. The first-order valence-electron chi connectivity index (χ1n) is 11.0. The van der Waals surface area contributed by atoms with Crippen LogP contribution in [0.3, 0.4) is 0 Å². The molecule has 0 bridgehead atoms. The van der Waals surface area contributed by atoms with Crippen molar-refractivity contribution in [1.82, 2.24) is 13.9 Å². The molecule has 0 unspecified atom stereocenters. The summed E-state index contributed by atoms with van der Waals surface area (Å²) >= 11 is 1.36. The first-order valence-corrected chi connectivity index (χ1v) is 11.8. The van der Waals surface area contributed by atoms with Gasteiger partial charge in [0.15, 0.2) is 0 Å². The Morgan fingerprint density at radius 1 is 1.03 bits per heavy atom. The molecule has 0 saturated carbocycles. The Balaban J connectivity index is 1.29. The predicted molar refractivity (Wildman–Crippen MR) is 130 cm³/mol. The van der Waals surface area contributed by atoms with Crippen LogP contribution in [-0.2, 0) is 17.9 Å². The third-order valence-electron chi connectivity index (χ3n) is 5.81. The average molecular weight is 469 g/mol. The fourth-order valence-electron chi connectivity index (χ4n) is 3.73. The molecule has 3 amide bonds. The van der Waals surface area contributed by atoms with E-state index in [1.165, 1.54) is 29.8 Å². The standard InChI is InChI=1S/C25H29FN4O2S/c1-25(2,3)23(31)28-33-30-12-10-18(11-13-30)17-5-8-22(9-6-17)27-24(32)29-15-19-4-7-21(26)14-20(19)16-29/h4-10,14H,11-13,15-16H2,1-3H3,(H,27,32)(H,28,31). The average Bonchev–Trinajstić information content (AvgIpc) is 3.21. The SMILES string of the molecule is CC(C)(C)C(=O)NSN1CC=C(c2ccc(NC(=O)N3Cc4ccc(F)cc4C3)cc2)CC1. The Morgan fingerprint density at radius 3 is 2.42 bits per heavy atom. The van der Waals surface area contributed by atoms with Gasteiger partial charge in [0, 0.05) is 49.4 Å². The first-order chi connectivity index (χ1) is 15.7. The summed E-state index contributed by atoms with van der Waals surface area (Å²) in [5, 5.41) is 2.93. The summed E-state index contributed by atoms with van der Waals surface area (Å²) in [5.74, 6) is -0.259. The topological polar surface area (TPSA) is 64.7 Å². The Bertz CT molecular complexity index is 1080. The van der Waals surface area contributed by atoms with E-state index in [1.807, 2.05) is 45.0 Å². The fraction of sp³-hybridized carbons (Fsp3) is 0.360. The second-order valence-corrected chi connectivity index (χ2v) is 10.3. The van der Waals surface area contributed by atoms with Crippen molar-refractivity contribution in [1.29, 1.82) is 0 Å². The van der Waals surface area contributed by atoms with Crippen molar-refractivity contribution < 1.29 is 14.0 Å². The molecule has 0 radical (unpaired) electrons. The van der Waals surface area contributed by atoms with Gasteiger partial charge in [0.1, 0.15) is 5.82 Å². The molecule has 2 aliphatic rings. The number of benzene rings is 2. The van der Waals surface area contributed by atoms with Gasteiger partial charge < -0.3 is 10.2 Å². The van der Waals surface area contributed by atoms with E-state index in [0.29, 0.717) is 13.1 Å². The van der Waals surface area contributed by atoms with Crippen molar-refractivity contribution in [2.24, 2.45) is 5.41 Å². The molecule has 0 saturated heterocycles.